The number of hydrogen-bond donors (Lipinski definition) is 0. The van der Waals surface area contributed by atoms with E-state index in [1.165, 1.54) is 0 Å². The predicted octanol–water partition coefficient (Wildman–Crippen LogP) is 4.06. The molecule has 0 aliphatic carbocycles. The topological polar surface area (TPSA) is 37.4 Å². The number of fused-ring (bicyclic) bond motifs is 1. The van der Waals surface area contributed by atoms with Gasteiger partial charge in [0.2, 0.25) is 0 Å². The SMILES string of the molecule is CCCC(=O)/C=C1\c2ccccc2C(=O)N1c1ccccc1. The van der Waals surface area contributed by atoms with E-state index in [-0.39, 0.29) is 11.7 Å². The van der Waals surface area contributed by atoms with E-state index in [0.717, 1.165) is 17.7 Å². The highest BCUT2D eigenvalue weighted by atomic mass is 16.2. The van der Waals surface area contributed by atoms with Crippen LogP contribution in [0.1, 0.15) is 35.7 Å². The molecule has 0 unspecified atom stereocenters. The first-order valence-corrected chi connectivity index (χ1v) is 7.46. The van der Waals surface area contributed by atoms with Crippen molar-refractivity contribution in [3.8, 4) is 0 Å². The molecule has 3 rings (SSSR count). The fourth-order valence-corrected chi connectivity index (χ4v) is 2.69. The highest BCUT2D eigenvalue weighted by Crippen LogP contribution is 2.36. The number of nitrogens with zero attached hydrogens (tertiary/aromatic N) is 1. The molecule has 0 spiro atoms. The molecule has 3 nitrogen and oxygen atoms in total. The maximum Gasteiger partial charge on any atom is 0.263 e. The van der Waals surface area contributed by atoms with Crippen LogP contribution in [0.2, 0.25) is 0 Å². The molecule has 3 heteroatoms. The molecular weight excluding hydrogens is 274 g/mol. The first-order chi connectivity index (χ1) is 10.7. The number of hydrogen-bond acceptors (Lipinski definition) is 2. The zero-order valence-electron chi connectivity index (χ0n) is 12.5. The number of amides is 1. The first kappa shape index (κ1) is 14.3. The van der Waals surface area contributed by atoms with E-state index in [1.54, 1.807) is 17.0 Å². The quantitative estimate of drug-likeness (QED) is 0.797. The Kier molecular flexibility index (Phi) is 3.88. The maximum absolute atomic E-state index is 12.7. The second kappa shape index (κ2) is 5.98. The number of anilines is 1. The molecule has 0 saturated heterocycles. The van der Waals surface area contributed by atoms with Crippen molar-refractivity contribution < 1.29 is 9.59 Å². The molecule has 1 aliphatic heterocycles. The Morgan fingerprint density at radius 2 is 1.64 bits per heavy atom. The van der Waals surface area contributed by atoms with Crippen molar-refractivity contribution in [3.63, 3.8) is 0 Å². The van der Waals surface area contributed by atoms with E-state index in [9.17, 15) is 9.59 Å². The highest BCUT2D eigenvalue weighted by Gasteiger charge is 2.33. The summed E-state index contributed by atoms with van der Waals surface area (Å²) in [5.41, 5.74) is 2.91. The predicted molar refractivity (Wildman–Crippen MR) is 87.6 cm³/mol. The zero-order chi connectivity index (χ0) is 15.5. The van der Waals surface area contributed by atoms with E-state index in [2.05, 4.69) is 0 Å². The number of benzene rings is 2. The fraction of sp³-hybridized carbons (Fsp3) is 0.158. The van der Waals surface area contributed by atoms with Gasteiger partial charge in [-0.1, -0.05) is 43.3 Å². The summed E-state index contributed by atoms with van der Waals surface area (Å²) in [6.07, 6.45) is 2.88. The third kappa shape index (κ3) is 2.46. The molecule has 0 atom stereocenters. The molecule has 110 valence electrons. The minimum atomic E-state index is -0.0858. The van der Waals surface area contributed by atoms with Crippen LogP contribution in [0.5, 0.6) is 0 Å². The molecular formula is C19H17NO2. The molecule has 1 aliphatic rings. The van der Waals surface area contributed by atoms with Gasteiger partial charge in [0.1, 0.15) is 0 Å². The molecule has 0 fully saturated rings. The van der Waals surface area contributed by atoms with Gasteiger partial charge in [0, 0.05) is 29.3 Å². The smallest absolute Gasteiger partial charge is 0.263 e. The van der Waals surface area contributed by atoms with Crippen LogP contribution in [-0.4, -0.2) is 11.7 Å². The summed E-state index contributed by atoms with van der Waals surface area (Å²) in [5, 5.41) is 0. The lowest BCUT2D eigenvalue weighted by molar-refractivity contribution is -0.114. The van der Waals surface area contributed by atoms with Crippen LogP contribution in [0, 0.1) is 0 Å². The molecule has 0 saturated carbocycles. The van der Waals surface area contributed by atoms with E-state index in [4.69, 9.17) is 0 Å². The van der Waals surface area contributed by atoms with Crippen molar-refractivity contribution in [1.29, 1.82) is 0 Å². The van der Waals surface area contributed by atoms with Gasteiger partial charge in [0.25, 0.3) is 5.91 Å². The number of rotatable bonds is 4. The van der Waals surface area contributed by atoms with Gasteiger partial charge in [0.05, 0.1) is 5.70 Å². The number of allylic oxidation sites excluding steroid dienone is 1. The minimum absolute atomic E-state index is 0.0444. The normalized spacial score (nSPS) is 15.2. The van der Waals surface area contributed by atoms with Crippen molar-refractivity contribution >= 4 is 23.1 Å². The van der Waals surface area contributed by atoms with Gasteiger partial charge in [-0.15, -0.1) is 0 Å². The summed E-state index contributed by atoms with van der Waals surface area (Å²) in [7, 11) is 0. The van der Waals surface area contributed by atoms with Crippen molar-refractivity contribution in [2.45, 2.75) is 19.8 Å². The molecule has 1 amide bonds. The third-order valence-corrected chi connectivity index (χ3v) is 3.69. The van der Waals surface area contributed by atoms with Crippen LogP contribution in [0.25, 0.3) is 5.70 Å². The van der Waals surface area contributed by atoms with Gasteiger partial charge < -0.3 is 0 Å². The Balaban J connectivity index is 2.12. The van der Waals surface area contributed by atoms with Gasteiger partial charge in [-0.25, -0.2) is 0 Å². The van der Waals surface area contributed by atoms with Gasteiger partial charge >= 0.3 is 0 Å². The van der Waals surface area contributed by atoms with E-state index < -0.39 is 0 Å². The zero-order valence-corrected chi connectivity index (χ0v) is 12.5. The molecule has 0 radical (unpaired) electrons. The van der Waals surface area contributed by atoms with Crippen LogP contribution in [-0.2, 0) is 4.79 Å². The monoisotopic (exact) mass is 291 g/mol. The lowest BCUT2D eigenvalue weighted by Crippen LogP contribution is -2.22. The molecule has 1 heterocycles. The second-order valence-corrected chi connectivity index (χ2v) is 5.27. The average Bonchev–Trinajstić information content (AvgIpc) is 2.81. The van der Waals surface area contributed by atoms with Crippen LogP contribution < -0.4 is 4.90 Å². The number of ketones is 1. The van der Waals surface area contributed by atoms with E-state index >= 15 is 0 Å². The Morgan fingerprint density at radius 1 is 1.00 bits per heavy atom. The van der Waals surface area contributed by atoms with Crippen LogP contribution in [0.15, 0.2) is 60.7 Å². The van der Waals surface area contributed by atoms with Gasteiger partial charge in [0.15, 0.2) is 5.78 Å². The van der Waals surface area contributed by atoms with Gasteiger partial charge in [-0.05, 0) is 24.6 Å². The number of para-hydroxylation sites is 1. The van der Waals surface area contributed by atoms with Gasteiger partial charge in [-0.3, -0.25) is 14.5 Å². The molecule has 0 bridgehead atoms. The summed E-state index contributed by atoms with van der Waals surface area (Å²) < 4.78 is 0. The Bertz CT molecular complexity index is 747. The molecule has 22 heavy (non-hydrogen) atoms. The molecule has 2 aromatic rings. The van der Waals surface area contributed by atoms with E-state index in [0.29, 0.717) is 17.7 Å². The van der Waals surface area contributed by atoms with Crippen LogP contribution in [0.3, 0.4) is 0 Å². The van der Waals surface area contributed by atoms with Crippen molar-refractivity contribution in [2.75, 3.05) is 4.90 Å². The summed E-state index contributed by atoms with van der Waals surface area (Å²) in [6, 6.07) is 16.9. The maximum atomic E-state index is 12.7. The van der Waals surface area contributed by atoms with Gasteiger partial charge in [-0.2, -0.15) is 0 Å². The Morgan fingerprint density at radius 3 is 2.32 bits per heavy atom. The van der Waals surface area contributed by atoms with Crippen LogP contribution in [0.4, 0.5) is 5.69 Å². The van der Waals surface area contributed by atoms with E-state index in [1.807, 2.05) is 55.5 Å². The van der Waals surface area contributed by atoms with Crippen LogP contribution >= 0.6 is 0 Å². The molecule has 0 aromatic heterocycles. The summed E-state index contributed by atoms with van der Waals surface area (Å²) in [6.45, 7) is 1.97. The lowest BCUT2D eigenvalue weighted by Gasteiger charge is -2.18. The summed E-state index contributed by atoms with van der Waals surface area (Å²) in [5.74, 6) is -0.0414. The summed E-state index contributed by atoms with van der Waals surface area (Å²) in [4.78, 5) is 26.4. The fourth-order valence-electron chi connectivity index (χ4n) is 2.69. The number of carbonyl (C=O) groups excluding carboxylic acids is 2. The minimum Gasteiger partial charge on any atom is -0.295 e. The van der Waals surface area contributed by atoms with Crippen molar-refractivity contribution in [3.05, 3.63) is 71.8 Å². The largest absolute Gasteiger partial charge is 0.295 e. The Hall–Kier alpha value is -2.68. The lowest BCUT2D eigenvalue weighted by atomic mass is 10.1. The summed E-state index contributed by atoms with van der Waals surface area (Å²) >= 11 is 0. The molecule has 2 aromatic carbocycles. The third-order valence-electron chi connectivity index (χ3n) is 3.69. The van der Waals surface area contributed by atoms with Crippen molar-refractivity contribution in [1.82, 2.24) is 0 Å². The molecule has 0 N–H and O–H groups in total. The standard InChI is InChI=1S/C19H17NO2/c1-2-8-15(21)13-18-16-11-6-7-12-17(16)19(22)20(18)14-9-4-3-5-10-14/h3-7,9-13H,2,8H2,1H3/b18-13+. The highest BCUT2D eigenvalue weighted by molar-refractivity contribution is 6.24. The Labute approximate surface area is 129 Å². The number of carbonyl (C=O) groups is 2. The van der Waals surface area contributed by atoms with Crippen molar-refractivity contribution in [2.24, 2.45) is 0 Å². The first-order valence-electron chi connectivity index (χ1n) is 7.46. The average molecular weight is 291 g/mol. The second-order valence-electron chi connectivity index (χ2n) is 5.27.